The number of hydrogen-bond acceptors (Lipinski definition) is 4. The lowest BCUT2D eigenvalue weighted by molar-refractivity contribution is -0.126. The van der Waals surface area contributed by atoms with E-state index in [1.807, 2.05) is 86.6 Å². The summed E-state index contributed by atoms with van der Waals surface area (Å²) < 4.78 is 0.907. The predicted octanol–water partition coefficient (Wildman–Crippen LogP) is 5.12. The summed E-state index contributed by atoms with van der Waals surface area (Å²) in [7, 11) is 0. The Morgan fingerprint density at radius 3 is 2.35 bits per heavy atom. The maximum absolute atomic E-state index is 13.7. The molecule has 2 amide bonds. The molecule has 3 aromatic rings. The Kier molecular flexibility index (Phi) is 4.91. The first-order chi connectivity index (χ1) is 15.0. The number of nitrogens with zero attached hydrogens (tertiary/aromatic N) is 2. The smallest absolute Gasteiger partial charge is 0.266 e. The number of benzene rings is 3. The first-order valence-electron chi connectivity index (χ1n) is 10.2. The molecule has 5 nitrogen and oxygen atoms in total. The van der Waals surface area contributed by atoms with Gasteiger partial charge in [-0.15, -0.1) is 0 Å². The molecule has 0 radical (unpaired) electrons. The zero-order chi connectivity index (χ0) is 21.7. The number of para-hydroxylation sites is 1. The number of hydroxylamine groups is 1. The van der Waals surface area contributed by atoms with Crippen LogP contribution in [0.1, 0.15) is 22.7 Å². The van der Waals surface area contributed by atoms with Crippen molar-refractivity contribution in [3.63, 3.8) is 0 Å². The number of amides is 2. The predicted molar refractivity (Wildman–Crippen MR) is 123 cm³/mol. The van der Waals surface area contributed by atoms with E-state index in [-0.39, 0.29) is 11.8 Å². The Bertz CT molecular complexity index is 1180. The summed E-state index contributed by atoms with van der Waals surface area (Å²) in [4.78, 5) is 34.6. The SMILES string of the molecule is Cc1ccc(N2C(=O)[C@@H]3[C@@H](ON(c4ccccc4)[C@H]3c3cccc(Br)c3)C2=O)c(C)c1. The molecule has 2 fully saturated rings. The second kappa shape index (κ2) is 7.62. The lowest BCUT2D eigenvalue weighted by Gasteiger charge is -2.29. The Hall–Kier alpha value is -2.96. The Balaban J connectivity index is 1.60. The summed E-state index contributed by atoms with van der Waals surface area (Å²) in [5.74, 6) is -1.19. The number of aryl methyl sites for hydroxylation is 2. The van der Waals surface area contributed by atoms with Crippen molar-refractivity contribution in [3.05, 3.63) is 94.0 Å². The highest BCUT2D eigenvalue weighted by Crippen LogP contribution is 2.48. The fourth-order valence-electron chi connectivity index (χ4n) is 4.54. The molecule has 2 saturated heterocycles. The minimum absolute atomic E-state index is 0.231. The van der Waals surface area contributed by atoms with Gasteiger partial charge >= 0.3 is 0 Å². The molecule has 0 saturated carbocycles. The third kappa shape index (κ3) is 3.27. The first-order valence-corrected chi connectivity index (χ1v) is 11.0. The van der Waals surface area contributed by atoms with E-state index in [1.54, 1.807) is 5.06 Å². The summed E-state index contributed by atoms with van der Waals surface area (Å²) >= 11 is 3.53. The molecule has 6 heteroatoms. The van der Waals surface area contributed by atoms with Crippen LogP contribution >= 0.6 is 15.9 Å². The van der Waals surface area contributed by atoms with Crippen molar-refractivity contribution in [2.75, 3.05) is 9.96 Å². The van der Waals surface area contributed by atoms with E-state index in [0.717, 1.165) is 26.9 Å². The Morgan fingerprint density at radius 1 is 0.871 bits per heavy atom. The van der Waals surface area contributed by atoms with Gasteiger partial charge in [-0.05, 0) is 55.3 Å². The lowest BCUT2D eigenvalue weighted by Crippen LogP contribution is -2.37. The second-order valence-corrected chi connectivity index (χ2v) is 8.93. The number of carbonyl (C=O) groups is 2. The van der Waals surface area contributed by atoms with Crippen LogP contribution in [0.2, 0.25) is 0 Å². The van der Waals surface area contributed by atoms with Gasteiger partial charge in [-0.2, -0.15) is 0 Å². The molecule has 0 aromatic heterocycles. The van der Waals surface area contributed by atoms with Crippen molar-refractivity contribution in [2.24, 2.45) is 5.92 Å². The van der Waals surface area contributed by atoms with Gasteiger partial charge in [-0.25, -0.2) is 9.96 Å². The molecule has 156 valence electrons. The molecule has 5 rings (SSSR count). The van der Waals surface area contributed by atoms with Crippen LogP contribution in [0.25, 0.3) is 0 Å². The standard InChI is InChI=1S/C25H21BrN2O3/c1-15-11-12-20(16(2)13-15)27-24(29)21-22(17-7-6-8-18(26)14-17)28(31-23(21)25(27)30)19-9-4-3-5-10-19/h3-14,21-23H,1-2H3/t21-,22-,23+/m0/s1. The number of anilines is 2. The van der Waals surface area contributed by atoms with Gasteiger partial charge in [0.25, 0.3) is 5.91 Å². The molecule has 3 atom stereocenters. The van der Waals surface area contributed by atoms with Crippen molar-refractivity contribution in [3.8, 4) is 0 Å². The average Bonchev–Trinajstić information content (AvgIpc) is 3.26. The normalized spacial score (nSPS) is 22.9. The van der Waals surface area contributed by atoms with Gasteiger partial charge < -0.3 is 0 Å². The van der Waals surface area contributed by atoms with Crippen LogP contribution in [0.3, 0.4) is 0 Å². The van der Waals surface area contributed by atoms with Gasteiger partial charge in [-0.1, -0.05) is 64.0 Å². The van der Waals surface area contributed by atoms with Gasteiger partial charge in [0.1, 0.15) is 5.92 Å². The van der Waals surface area contributed by atoms with Crippen molar-refractivity contribution in [2.45, 2.75) is 26.0 Å². The van der Waals surface area contributed by atoms with E-state index in [1.165, 1.54) is 4.90 Å². The highest BCUT2D eigenvalue weighted by molar-refractivity contribution is 9.10. The second-order valence-electron chi connectivity index (χ2n) is 8.01. The van der Waals surface area contributed by atoms with Crippen LogP contribution in [0.15, 0.2) is 77.3 Å². The van der Waals surface area contributed by atoms with Crippen molar-refractivity contribution >= 4 is 39.1 Å². The monoisotopic (exact) mass is 476 g/mol. The van der Waals surface area contributed by atoms with Crippen LogP contribution < -0.4 is 9.96 Å². The summed E-state index contributed by atoms with van der Waals surface area (Å²) in [5.41, 5.74) is 4.31. The molecular formula is C25H21BrN2O3. The number of fused-ring (bicyclic) bond motifs is 1. The molecular weight excluding hydrogens is 456 g/mol. The number of halogens is 1. The fraction of sp³-hybridized carbons (Fsp3) is 0.200. The van der Waals surface area contributed by atoms with Gasteiger partial charge in [-0.3, -0.25) is 14.4 Å². The summed E-state index contributed by atoms with van der Waals surface area (Å²) in [6, 6.07) is 22.7. The van der Waals surface area contributed by atoms with Crippen LogP contribution in [-0.2, 0) is 14.4 Å². The minimum atomic E-state index is -0.864. The van der Waals surface area contributed by atoms with Gasteiger partial charge in [0.05, 0.1) is 17.4 Å². The molecule has 0 aliphatic carbocycles. The third-order valence-corrected chi connectivity index (χ3v) is 6.40. The molecule has 2 aliphatic rings. The van der Waals surface area contributed by atoms with Crippen LogP contribution in [0, 0.1) is 19.8 Å². The van der Waals surface area contributed by atoms with Crippen LogP contribution in [0.4, 0.5) is 11.4 Å². The molecule has 0 N–H and O–H groups in total. The number of imide groups is 1. The number of carbonyl (C=O) groups excluding carboxylic acids is 2. The summed E-state index contributed by atoms with van der Waals surface area (Å²) in [6.45, 7) is 3.91. The van der Waals surface area contributed by atoms with Gasteiger partial charge in [0, 0.05) is 4.47 Å². The Labute approximate surface area is 189 Å². The third-order valence-electron chi connectivity index (χ3n) is 5.91. The minimum Gasteiger partial charge on any atom is -0.273 e. The van der Waals surface area contributed by atoms with Gasteiger partial charge in [0.15, 0.2) is 6.10 Å². The molecule has 0 unspecified atom stereocenters. The van der Waals surface area contributed by atoms with Gasteiger partial charge in [0.2, 0.25) is 5.91 Å². The highest BCUT2D eigenvalue weighted by atomic mass is 79.9. The van der Waals surface area contributed by atoms with Crippen LogP contribution in [-0.4, -0.2) is 17.9 Å². The fourth-order valence-corrected chi connectivity index (χ4v) is 4.95. The molecule has 2 heterocycles. The number of hydrogen-bond donors (Lipinski definition) is 0. The maximum atomic E-state index is 13.7. The van der Waals surface area contributed by atoms with E-state index in [4.69, 9.17) is 4.84 Å². The van der Waals surface area contributed by atoms with Crippen molar-refractivity contribution < 1.29 is 14.4 Å². The Morgan fingerprint density at radius 2 is 1.65 bits per heavy atom. The molecule has 0 bridgehead atoms. The molecule has 3 aromatic carbocycles. The number of rotatable bonds is 3. The van der Waals surface area contributed by atoms with Crippen LogP contribution in [0.5, 0.6) is 0 Å². The van der Waals surface area contributed by atoms with E-state index >= 15 is 0 Å². The van der Waals surface area contributed by atoms with Crippen molar-refractivity contribution in [1.82, 2.24) is 0 Å². The average molecular weight is 477 g/mol. The summed E-state index contributed by atoms with van der Waals surface area (Å²) in [6.07, 6.45) is -0.864. The largest absolute Gasteiger partial charge is 0.273 e. The topological polar surface area (TPSA) is 49.9 Å². The molecule has 2 aliphatic heterocycles. The first kappa shape index (κ1) is 20.0. The zero-order valence-electron chi connectivity index (χ0n) is 17.2. The maximum Gasteiger partial charge on any atom is 0.266 e. The van der Waals surface area contributed by atoms with E-state index in [9.17, 15) is 9.59 Å². The molecule has 0 spiro atoms. The van der Waals surface area contributed by atoms with E-state index in [0.29, 0.717) is 5.69 Å². The van der Waals surface area contributed by atoms with E-state index in [2.05, 4.69) is 15.9 Å². The quantitative estimate of drug-likeness (QED) is 0.492. The highest BCUT2D eigenvalue weighted by Gasteiger charge is 2.60. The lowest BCUT2D eigenvalue weighted by atomic mass is 9.90. The van der Waals surface area contributed by atoms with Crippen molar-refractivity contribution in [1.29, 1.82) is 0 Å². The zero-order valence-corrected chi connectivity index (χ0v) is 18.7. The molecule has 31 heavy (non-hydrogen) atoms. The summed E-state index contributed by atoms with van der Waals surface area (Å²) in [5, 5.41) is 1.71. The van der Waals surface area contributed by atoms with E-state index < -0.39 is 18.1 Å².